The third kappa shape index (κ3) is 3.81. The van der Waals surface area contributed by atoms with Crippen molar-refractivity contribution in [2.45, 2.75) is 6.92 Å². The third-order valence-electron chi connectivity index (χ3n) is 4.43. The van der Waals surface area contributed by atoms with Crippen LogP contribution in [0.4, 0.5) is 0 Å². The Morgan fingerprint density at radius 1 is 1.03 bits per heavy atom. The Balaban J connectivity index is 1.69. The molecule has 0 aliphatic rings. The molecule has 4 aromatic rings. The fourth-order valence-electron chi connectivity index (χ4n) is 2.99. The number of hydrogen-bond donors (Lipinski definition) is 3. The normalized spacial score (nSPS) is 11.6. The molecule has 0 spiro atoms. The summed E-state index contributed by atoms with van der Waals surface area (Å²) in [4.78, 5) is 18.5. The Kier molecular flexibility index (Phi) is 4.97. The first-order valence-electron chi connectivity index (χ1n) is 8.83. The van der Waals surface area contributed by atoms with Gasteiger partial charge < -0.3 is 10.2 Å². The summed E-state index contributed by atoms with van der Waals surface area (Å²) in [5.41, 5.74) is 5.29. The number of carbonyl (C=O) groups excluding carboxylic acids is 1. The van der Waals surface area contributed by atoms with Gasteiger partial charge >= 0.3 is 0 Å². The second kappa shape index (κ2) is 7.73. The maximum Gasteiger partial charge on any atom is 0.272 e. The van der Waals surface area contributed by atoms with Gasteiger partial charge in [-0.3, -0.25) is 4.79 Å². The van der Waals surface area contributed by atoms with Gasteiger partial charge in [-0.1, -0.05) is 24.3 Å². The van der Waals surface area contributed by atoms with E-state index in [1.54, 1.807) is 24.3 Å². The Morgan fingerprint density at radius 3 is 2.62 bits per heavy atom. The van der Waals surface area contributed by atoms with Crippen molar-refractivity contribution >= 4 is 33.9 Å². The molecule has 0 aliphatic heterocycles. The number of phenols is 2. The van der Waals surface area contributed by atoms with Crippen molar-refractivity contribution in [1.29, 1.82) is 0 Å². The highest BCUT2D eigenvalue weighted by Crippen LogP contribution is 2.28. The average molecular weight is 403 g/mol. The third-order valence-corrected chi connectivity index (χ3v) is 5.32. The molecule has 0 atom stereocenters. The van der Waals surface area contributed by atoms with Crippen LogP contribution in [0, 0.1) is 0 Å². The van der Waals surface area contributed by atoms with Crippen LogP contribution in [0.25, 0.3) is 21.5 Å². The number of rotatable bonds is 4. The van der Waals surface area contributed by atoms with E-state index in [9.17, 15) is 15.0 Å². The van der Waals surface area contributed by atoms with Gasteiger partial charge in [-0.25, -0.2) is 10.4 Å². The van der Waals surface area contributed by atoms with E-state index in [0.29, 0.717) is 16.8 Å². The van der Waals surface area contributed by atoms with Crippen LogP contribution in [0.1, 0.15) is 22.8 Å². The van der Waals surface area contributed by atoms with Crippen molar-refractivity contribution in [2.75, 3.05) is 0 Å². The summed E-state index contributed by atoms with van der Waals surface area (Å²) in [5, 5.41) is 26.2. The Labute approximate surface area is 170 Å². The first-order chi connectivity index (χ1) is 14.0. The minimum atomic E-state index is -0.376. The summed E-state index contributed by atoms with van der Waals surface area (Å²) in [7, 11) is 0. The van der Waals surface area contributed by atoms with Crippen LogP contribution in [0.3, 0.4) is 0 Å². The highest BCUT2D eigenvalue weighted by molar-refractivity contribution is 7.13. The molecule has 0 bridgehead atoms. The van der Waals surface area contributed by atoms with E-state index in [4.69, 9.17) is 0 Å². The number of carbonyl (C=O) groups is 1. The van der Waals surface area contributed by atoms with Gasteiger partial charge in [0, 0.05) is 17.0 Å². The van der Waals surface area contributed by atoms with E-state index < -0.39 is 0 Å². The number of hydrogen-bond acceptors (Lipinski definition) is 6. The number of hydrazone groups is 1. The molecule has 29 heavy (non-hydrogen) atoms. The van der Waals surface area contributed by atoms with Crippen LogP contribution in [0.5, 0.6) is 11.5 Å². The second-order valence-electron chi connectivity index (χ2n) is 6.39. The lowest BCUT2D eigenvalue weighted by Gasteiger charge is -2.09. The molecule has 0 saturated carbocycles. The molecular weight excluding hydrogens is 386 g/mol. The summed E-state index contributed by atoms with van der Waals surface area (Å²) in [6, 6.07) is 17.3. The molecule has 2 aromatic carbocycles. The first kappa shape index (κ1) is 18.6. The van der Waals surface area contributed by atoms with Crippen LogP contribution < -0.4 is 5.43 Å². The number of pyridine rings is 1. The lowest BCUT2D eigenvalue weighted by Crippen LogP contribution is -2.20. The zero-order valence-corrected chi connectivity index (χ0v) is 16.3. The fourth-order valence-corrected chi connectivity index (χ4v) is 3.68. The number of thiophene rings is 1. The predicted molar refractivity (Wildman–Crippen MR) is 115 cm³/mol. The Hall–Kier alpha value is -3.71. The van der Waals surface area contributed by atoms with Gasteiger partial charge in [-0.15, -0.1) is 11.3 Å². The van der Waals surface area contributed by atoms with Crippen LogP contribution in [-0.2, 0) is 0 Å². The topological polar surface area (TPSA) is 94.8 Å². The minimum absolute atomic E-state index is 0.0487. The molecule has 2 aromatic heterocycles. The molecule has 144 valence electrons. The maximum absolute atomic E-state index is 12.9. The van der Waals surface area contributed by atoms with Crippen molar-refractivity contribution in [1.82, 2.24) is 10.4 Å². The smallest absolute Gasteiger partial charge is 0.272 e. The standard InChI is InChI=1S/C22H17N3O3S/c1-13(15-9-8-14(26)11-20(15)27)24-25-22(28)17-12-19(21-7-4-10-29-21)23-18-6-3-2-5-16(17)18/h2-12,26-27H,1H3,(H,25,28). The number of fused-ring (bicyclic) bond motifs is 1. The monoisotopic (exact) mass is 403 g/mol. The largest absolute Gasteiger partial charge is 0.508 e. The average Bonchev–Trinajstić information content (AvgIpc) is 3.26. The SMILES string of the molecule is CC(=NNC(=O)c1cc(-c2cccs2)nc2ccccc12)c1ccc(O)cc1O. The molecule has 6 nitrogen and oxygen atoms in total. The molecule has 1 amide bonds. The Morgan fingerprint density at radius 2 is 1.86 bits per heavy atom. The molecule has 0 fully saturated rings. The predicted octanol–water partition coefficient (Wildman–Crippen LogP) is 4.53. The molecule has 0 unspecified atom stereocenters. The number of aromatic hydroxyl groups is 2. The number of nitrogens with zero attached hydrogens (tertiary/aromatic N) is 2. The lowest BCUT2D eigenvalue weighted by atomic mass is 10.1. The van der Waals surface area contributed by atoms with Crippen molar-refractivity contribution < 1.29 is 15.0 Å². The lowest BCUT2D eigenvalue weighted by molar-refractivity contribution is 0.0956. The fraction of sp³-hybridized carbons (Fsp3) is 0.0455. The maximum atomic E-state index is 12.9. The molecule has 3 N–H and O–H groups in total. The molecule has 0 radical (unpaired) electrons. The van der Waals surface area contributed by atoms with Crippen LogP contribution >= 0.6 is 11.3 Å². The molecule has 2 heterocycles. The van der Waals surface area contributed by atoms with Gasteiger partial charge in [0.15, 0.2) is 0 Å². The number of para-hydroxylation sites is 1. The van der Waals surface area contributed by atoms with Gasteiger partial charge in [0.25, 0.3) is 5.91 Å². The summed E-state index contributed by atoms with van der Waals surface area (Å²) < 4.78 is 0. The van der Waals surface area contributed by atoms with E-state index in [1.165, 1.54) is 18.2 Å². The summed E-state index contributed by atoms with van der Waals surface area (Å²) in [6.45, 7) is 1.66. The molecule has 0 saturated heterocycles. The number of amides is 1. The molecular formula is C22H17N3O3S. The summed E-state index contributed by atoms with van der Waals surface area (Å²) in [6.07, 6.45) is 0. The molecule has 4 rings (SSSR count). The van der Waals surface area contributed by atoms with Gasteiger partial charge in [0.05, 0.1) is 27.4 Å². The summed E-state index contributed by atoms with van der Waals surface area (Å²) >= 11 is 1.55. The second-order valence-corrected chi connectivity index (χ2v) is 7.34. The number of benzene rings is 2. The van der Waals surface area contributed by atoms with Gasteiger partial charge in [0.1, 0.15) is 11.5 Å². The van der Waals surface area contributed by atoms with Crippen LogP contribution in [0.15, 0.2) is 71.1 Å². The van der Waals surface area contributed by atoms with Crippen molar-refractivity contribution in [3.8, 4) is 22.1 Å². The van der Waals surface area contributed by atoms with Crippen molar-refractivity contribution in [2.24, 2.45) is 5.10 Å². The van der Waals surface area contributed by atoms with Crippen LogP contribution in [0.2, 0.25) is 0 Å². The van der Waals surface area contributed by atoms with Gasteiger partial charge in [-0.2, -0.15) is 5.10 Å². The summed E-state index contributed by atoms with van der Waals surface area (Å²) in [5.74, 6) is -0.540. The minimum Gasteiger partial charge on any atom is -0.508 e. The van der Waals surface area contributed by atoms with E-state index >= 15 is 0 Å². The number of nitrogens with one attached hydrogen (secondary N) is 1. The number of aromatic nitrogens is 1. The highest BCUT2D eigenvalue weighted by Gasteiger charge is 2.14. The van der Waals surface area contributed by atoms with E-state index in [0.717, 1.165) is 21.5 Å². The first-order valence-corrected chi connectivity index (χ1v) is 9.71. The van der Waals surface area contributed by atoms with Crippen molar-refractivity contribution in [3.63, 3.8) is 0 Å². The molecule has 7 heteroatoms. The van der Waals surface area contributed by atoms with E-state index in [-0.39, 0.29) is 17.4 Å². The van der Waals surface area contributed by atoms with Crippen LogP contribution in [-0.4, -0.2) is 26.8 Å². The van der Waals surface area contributed by atoms with Gasteiger partial charge in [0.2, 0.25) is 0 Å². The quantitative estimate of drug-likeness (QED) is 0.345. The van der Waals surface area contributed by atoms with Gasteiger partial charge in [-0.05, 0) is 42.6 Å². The zero-order valence-electron chi connectivity index (χ0n) is 15.5. The highest BCUT2D eigenvalue weighted by atomic mass is 32.1. The van der Waals surface area contributed by atoms with E-state index in [2.05, 4.69) is 15.5 Å². The Bertz CT molecular complexity index is 1230. The van der Waals surface area contributed by atoms with E-state index in [1.807, 2.05) is 41.8 Å². The zero-order chi connectivity index (χ0) is 20.4. The number of phenolic OH excluding ortho intramolecular Hbond substituents is 2. The molecule has 0 aliphatic carbocycles. The van der Waals surface area contributed by atoms with Crippen molar-refractivity contribution in [3.05, 3.63) is 77.2 Å².